The van der Waals surface area contributed by atoms with Gasteiger partial charge in [-0.2, -0.15) is 0 Å². The van der Waals surface area contributed by atoms with Crippen LogP contribution >= 0.6 is 11.6 Å². The third kappa shape index (κ3) is 3.34. The first kappa shape index (κ1) is 13.7. The Morgan fingerprint density at radius 2 is 1.88 bits per heavy atom. The van der Waals surface area contributed by atoms with Crippen LogP contribution in [0.2, 0.25) is 0 Å². The summed E-state index contributed by atoms with van der Waals surface area (Å²) in [6, 6.07) is 0. The van der Waals surface area contributed by atoms with Crippen molar-refractivity contribution in [2.24, 2.45) is 0 Å². The zero-order valence-electron chi connectivity index (χ0n) is 10.00. The zero-order chi connectivity index (χ0) is 12.0. The van der Waals surface area contributed by atoms with Gasteiger partial charge in [0.1, 0.15) is 0 Å². The topological polar surface area (TPSA) is 38.8 Å². The van der Waals surface area contributed by atoms with Crippen LogP contribution in [0.1, 0.15) is 25.7 Å². The van der Waals surface area contributed by atoms with Crippen molar-refractivity contribution in [2.45, 2.75) is 31.5 Å². The van der Waals surface area contributed by atoms with E-state index in [2.05, 4.69) is 0 Å². The number of carbonyl (C=O) groups is 1. The highest BCUT2D eigenvalue weighted by molar-refractivity contribution is 6.17. The molecule has 4 nitrogen and oxygen atoms in total. The molecule has 0 aromatic carbocycles. The molecule has 1 aliphatic heterocycles. The van der Waals surface area contributed by atoms with Crippen molar-refractivity contribution in [1.29, 1.82) is 0 Å². The van der Waals surface area contributed by atoms with Crippen LogP contribution in [0.3, 0.4) is 0 Å². The van der Waals surface area contributed by atoms with Gasteiger partial charge in [-0.1, -0.05) is 0 Å². The molecule has 0 radical (unpaired) electrons. The average molecular weight is 250 g/mol. The molecular weight excluding hydrogens is 230 g/mol. The van der Waals surface area contributed by atoms with Crippen LogP contribution in [0.5, 0.6) is 0 Å². The predicted molar refractivity (Wildman–Crippen MR) is 62.5 cm³/mol. The zero-order valence-corrected chi connectivity index (χ0v) is 10.8. The summed E-state index contributed by atoms with van der Waals surface area (Å²) in [5.41, 5.74) is 0. The Kier molecular flexibility index (Phi) is 5.52. The number of likely N-dealkylation sites (tertiary alicyclic amines) is 1. The number of piperidine rings is 1. The summed E-state index contributed by atoms with van der Waals surface area (Å²) >= 11 is 5.56. The number of halogens is 1. The van der Waals surface area contributed by atoms with Crippen LogP contribution in [0.15, 0.2) is 0 Å². The van der Waals surface area contributed by atoms with Gasteiger partial charge in [0.15, 0.2) is 5.79 Å². The van der Waals surface area contributed by atoms with Crippen LogP contribution in [-0.4, -0.2) is 49.8 Å². The quantitative estimate of drug-likeness (QED) is 0.549. The van der Waals surface area contributed by atoms with Gasteiger partial charge < -0.3 is 14.4 Å². The minimum absolute atomic E-state index is 0.182. The highest BCUT2D eigenvalue weighted by Crippen LogP contribution is 2.26. The molecule has 0 unspecified atom stereocenters. The van der Waals surface area contributed by atoms with Crippen molar-refractivity contribution < 1.29 is 14.3 Å². The van der Waals surface area contributed by atoms with E-state index < -0.39 is 5.79 Å². The van der Waals surface area contributed by atoms with Crippen molar-refractivity contribution in [3.63, 3.8) is 0 Å². The third-order valence-electron chi connectivity index (χ3n) is 3.15. The fraction of sp³-hybridized carbons (Fsp3) is 0.909. The first-order chi connectivity index (χ1) is 7.67. The summed E-state index contributed by atoms with van der Waals surface area (Å²) in [6.45, 7) is 1.39. The lowest BCUT2D eigenvalue weighted by atomic mass is 10.0. The van der Waals surface area contributed by atoms with Crippen molar-refractivity contribution in [1.82, 2.24) is 4.90 Å². The SMILES string of the molecule is COC1(OC)CCN(C(=O)CCCCl)CC1. The molecule has 1 fully saturated rings. The van der Waals surface area contributed by atoms with Gasteiger partial charge in [0.25, 0.3) is 0 Å². The van der Waals surface area contributed by atoms with Gasteiger partial charge in [-0.3, -0.25) is 4.79 Å². The van der Waals surface area contributed by atoms with E-state index in [-0.39, 0.29) is 5.91 Å². The van der Waals surface area contributed by atoms with Gasteiger partial charge in [-0.15, -0.1) is 11.6 Å². The molecular formula is C11H20ClNO3. The number of methoxy groups -OCH3 is 2. The molecule has 1 saturated heterocycles. The van der Waals surface area contributed by atoms with Gasteiger partial charge in [-0.25, -0.2) is 0 Å². The fourth-order valence-corrected chi connectivity index (χ4v) is 2.10. The Morgan fingerprint density at radius 1 is 1.31 bits per heavy atom. The predicted octanol–water partition coefficient (Wildman–Crippen LogP) is 1.62. The summed E-state index contributed by atoms with van der Waals surface area (Å²) in [6.07, 6.45) is 2.74. The summed E-state index contributed by atoms with van der Waals surface area (Å²) in [5.74, 6) is 0.226. The summed E-state index contributed by atoms with van der Waals surface area (Å²) in [5, 5.41) is 0. The molecule has 0 aliphatic carbocycles. The second-order valence-corrected chi connectivity index (χ2v) is 4.37. The molecule has 16 heavy (non-hydrogen) atoms. The molecule has 1 rings (SSSR count). The minimum Gasteiger partial charge on any atom is -0.353 e. The molecule has 0 N–H and O–H groups in total. The maximum absolute atomic E-state index is 11.7. The highest BCUT2D eigenvalue weighted by Gasteiger charge is 2.35. The number of hydrogen-bond donors (Lipinski definition) is 0. The molecule has 1 amide bonds. The summed E-state index contributed by atoms with van der Waals surface area (Å²) in [7, 11) is 3.29. The molecule has 5 heteroatoms. The van der Waals surface area contributed by atoms with Crippen molar-refractivity contribution in [2.75, 3.05) is 33.2 Å². The summed E-state index contributed by atoms with van der Waals surface area (Å²) in [4.78, 5) is 13.6. The van der Waals surface area contributed by atoms with E-state index in [0.717, 1.165) is 19.3 Å². The second kappa shape index (κ2) is 6.42. The Bertz CT molecular complexity index is 221. The van der Waals surface area contributed by atoms with Crippen LogP contribution in [0.4, 0.5) is 0 Å². The molecule has 1 heterocycles. The molecule has 94 valence electrons. The van der Waals surface area contributed by atoms with E-state index in [1.807, 2.05) is 4.90 Å². The maximum Gasteiger partial charge on any atom is 0.222 e. The lowest BCUT2D eigenvalue weighted by Gasteiger charge is -2.39. The number of nitrogens with zero attached hydrogens (tertiary/aromatic N) is 1. The molecule has 0 spiro atoms. The van der Waals surface area contributed by atoms with Gasteiger partial charge in [-0.05, 0) is 6.42 Å². The number of rotatable bonds is 5. The number of hydrogen-bond acceptors (Lipinski definition) is 3. The van der Waals surface area contributed by atoms with Crippen molar-refractivity contribution in [3.8, 4) is 0 Å². The lowest BCUT2D eigenvalue weighted by Crippen LogP contribution is -2.48. The van der Waals surface area contributed by atoms with Crippen LogP contribution in [0.25, 0.3) is 0 Å². The second-order valence-electron chi connectivity index (χ2n) is 3.99. The van der Waals surface area contributed by atoms with Crippen LogP contribution in [-0.2, 0) is 14.3 Å². The van der Waals surface area contributed by atoms with Crippen molar-refractivity contribution >= 4 is 17.5 Å². The van der Waals surface area contributed by atoms with E-state index in [1.54, 1.807) is 14.2 Å². The number of amides is 1. The maximum atomic E-state index is 11.7. The van der Waals surface area contributed by atoms with E-state index >= 15 is 0 Å². The average Bonchev–Trinajstić information content (AvgIpc) is 2.36. The van der Waals surface area contributed by atoms with Gasteiger partial charge >= 0.3 is 0 Å². The Labute approximate surface area is 102 Å². The third-order valence-corrected chi connectivity index (χ3v) is 3.41. The monoisotopic (exact) mass is 249 g/mol. The highest BCUT2D eigenvalue weighted by atomic mass is 35.5. The molecule has 0 aromatic heterocycles. The summed E-state index contributed by atoms with van der Waals surface area (Å²) < 4.78 is 10.7. The molecule has 0 bridgehead atoms. The Balaban J connectivity index is 2.39. The van der Waals surface area contributed by atoms with Crippen molar-refractivity contribution in [3.05, 3.63) is 0 Å². The molecule has 0 saturated carbocycles. The van der Waals surface area contributed by atoms with E-state index in [4.69, 9.17) is 21.1 Å². The smallest absolute Gasteiger partial charge is 0.222 e. The normalized spacial score (nSPS) is 19.8. The standard InChI is InChI=1S/C11H20ClNO3/c1-15-11(16-2)5-8-13(9-6-11)10(14)4-3-7-12/h3-9H2,1-2H3. The van der Waals surface area contributed by atoms with Gasteiger partial charge in [0, 0.05) is 52.5 Å². The van der Waals surface area contributed by atoms with E-state index in [0.29, 0.717) is 25.4 Å². The van der Waals surface area contributed by atoms with E-state index in [1.165, 1.54) is 0 Å². The first-order valence-electron chi connectivity index (χ1n) is 5.61. The first-order valence-corrected chi connectivity index (χ1v) is 6.15. The lowest BCUT2D eigenvalue weighted by molar-refractivity contribution is -0.228. The largest absolute Gasteiger partial charge is 0.353 e. The van der Waals surface area contributed by atoms with Gasteiger partial charge in [0.2, 0.25) is 5.91 Å². The number of carbonyl (C=O) groups excluding carboxylic acids is 1. The fourth-order valence-electron chi connectivity index (χ4n) is 1.96. The minimum atomic E-state index is -0.497. The number of alkyl halides is 1. The molecule has 0 aromatic rings. The van der Waals surface area contributed by atoms with Gasteiger partial charge in [0.05, 0.1) is 0 Å². The van der Waals surface area contributed by atoms with Crippen LogP contribution < -0.4 is 0 Å². The number of ether oxygens (including phenoxy) is 2. The Hall–Kier alpha value is -0.320. The molecule has 0 atom stereocenters. The van der Waals surface area contributed by atoms with Crippen LogP contribution in [0, 0.1) is 0 Å². The molecule has 1 aliphatic rings. The van der Waals surface area contributed by atoms with E-state index in [9.17, 15) is 4.79 Å². The Morgan fingerprint density at radius 3 is 2.31 bits per heavy atom.